The number of hydrogen-bond donors (Lipinski definition) is 0. The van der Waals surface area contributed by atoms with Crippen LogP contribution in [0.25, 0.3) is 0 Å². The number of rotatable bonds is 5. The third-order valence-electron chi connectivity index (χ3n) is 4.97. The molecule has 1 aliphatic heterocycles. The van der Waals surface area contributed by atoms with Crippen LogP contribution in [0.4, 0.5) is 0 Å². The molecule has 0 aliphatic carbocycles. The van der Waals surface area contributed by atoms with Crippen molar-refractivity contribution < 1.29 is 4.52 Å². The average Bonchev–Trinajstić information content (AvgIpc) is 3.12. The van der Waals surface area contributed by atoms with E-state index in [2.05, 4.69) is 47.9 Å². The highest BCUT2D eigenvalue weighted by Gasteiger charge is 2.30. The minimum atomic E-state index is 0.159. The first kappa shape index (κ1) is 17.1. The molecule has 0 amide bonds. The van der Waals surface area contributed by atoms with Gasteiger partial charge in [0.05, 0.1) is 5.69 Å². The lowest BCUT2D eigenvalue weighted by Gasteiger charge is -2.37. The summed E-state index contributed by atoms with van der Waals surface area (Å²) in [5, 5.41) is 8.65. The summed E-state index contributed by atoms with van der Waals surface area (Å²) in [7, 11) is 4.18. The van der Waals surface area contributed by atoms with Crippen LogP contribution in [0.1, 0.15) is 48.6 Å². The Labute approximate surface area is 143 Å². The van der Waals surface area contributed by atoms with Gasteiger partial charge in [0, 0.05) is 44.5 Å². The molecule has 1 fully saturated rings. The summed E-state index contributed by atoms with van der Waals surface area (Å²) in [6, 6.07) is 0.159. The van der Waals surface area contributed by atoms with Gasteiger partial charge in [-0.2, -0.15) is 10.1 Å². The van der Waals surface area contributed by atoms with Crippen molar-refractivity contribution in [3.8, 4) is 0 Å². The first-order valence-electron chi connectivity index (χ1n) is 8.79. The molecule has 1 saturated heterocycles. The summed E-state index contributed by atoms with van der Waals surface area (Å²) in [5.41, 5.74) is 3.96. The highest BCUT2D eigenvalue weighted by molar-refractivity contribution is 5.26. The van der Waals surface area contributed by atoms with Crippen molar-refractivity contribution in [1.29, 1.82) is 0 Å². The Hall–Kier alpha value is -1.73. The van der Waals surface area contributed by atoms with Crippen LogP contribution in [-0.4, -0.2) is 56.4 Å². The molecule has 24 heavy (non-hydrogen) atoms. The maximum absolute atomic E-state index is 5.42. The van der Waals surface area contributed by atoms with Crippen molar-refractivity contribution in [2.75, 3.05) is 26.7 Å². The summed E-state index contributed by atoms with van der Waals surface area (Å²) in [6.07, 6.45) is 1.99. The van der Waals surface area contributed by atoms with Gasteiger partial charge in [0.1, 0.15) is 6.04 Å². The lowest BCUT2D eigenvalue weighted by Crippen LogP contribution is -2.46. The van der Waals surface area contributed by atoms with Crippen LogP contribution < -0.4 is 0 Å². The predicted molar refractivity (Wildman–Crippen MR) is 91.6 cm³/mol. The zero-order valence-corrected chi connectivity index (χ0v) is 15.4. The Morgan fingerprint density at radius 1 is 1.17 bits per heavy atom. The monoisotopic (exact) mass is 332 g/mol. The fourth-order valence-corrected chi connectivity index (χ4v) is 3.59. The topological polar surface area (TPSA) is 63.2 Å². The van der Waals surface area contributed by atoms with E-state index in [0.717, 1.165) is 44.9 Å². The molecule has 0 spiro atoms. The van der Waals surface area contributed by atoms with Gasteiger partial charge < -0.3 is 4.52 Å². The first-order valence-corrected chi connectivity index (χ1v) is 8.79. The molecule has 3 heterocycles. The maximum Gasteiger partial charge on any atom is 0.245 e. The van der Waals surface area contributed by atoms with Gasteiger partial charge >= 0.3 is 0 Å². The van der Waals surface area contributed by atoms with E-state index in [1.165, 1.54) is 17.0 Å². The highest BCUT2D eigenvalue weighted by atomic mass is 16.5. The van der Waals surface area contributed by atoms with Crippen LogP contribution in [0.3, 0.4) is 0 Å². The Morgan fingerprint density at radius 2 is 1.96 bits per heavy atom. The van der Waals surface area contributed by atoms with Crippen LogP contribution in [0.15, 0.2) is 4.52 Å². The zero-order chi connectivity index (χ0) is 17.3. The summed E-state index contributed by atoms with van der Waals surface area (Å²) in [5.74, 6) is 1.42. The number of piperazine rings is 1. The lowest BCUT2D eigenvalue weighted by molar-refractivity contribution is 0.0711. The Bertz CT molecular complexity index is 691. The molecule has 0 aromatic carbocycles. The van der Waals surface area contributed by atoms with Crippen molar-refractivity contribution in [1.82, 2.24) is 29.7 Å². The number of likely N-dealkylation sites (N-methyl/N-ethyl adjacent to an activating group) is 1. The minimum absolute atomic E-state index is 0.159. The van der Waals surface area contributed by atoms with Crippen molar-refractivity contribution >= 4 is 0 Å². The smallest absolute Gasteiger partial charge is 0.245 e. The SMILES string of the molecule is CCc1nn(C)c(CC)c1CN1CCN(C)[C@@H](c2nc(C)no2)C1. The van der Waals surface area contributed by atoms with Crippen molar-refractivity contribution in [3.05, 3.63) is 28.7 Å². The van der Waals surface area contributed by atoms with E-state index < -0.39 is 0 Å². The molecule has 0 radical (unpaired) electrons. The highest BCUT2D eigenvalue weighted by Crippen LogP contribution is 2.25. The second-order valence-electron chi connectivity index (χ2n) is 6.61. The molecule has 2 aromatic rings. The molecule has 7 heteroatoms. The summed E-state index contributed by atoms with van der Waals surface area (Å²) in [4.78, 5) is 9.22. The maximum atomic E-state index is 5.42. The van der Waals surface area contributed by atoms with E-state index >= 15 is 0 Å². The van der Waals surface area contributed by atoms with Crippen molar-refractivity contribution in [2.45, 2.75) is 46.2 Å². The number of aryl methyl sites for hydroxylation is 3. The summed E-state index contributed by atoms with van der Waals surface area (Å²) < 4.78 is 7.47. The number of hydrogen-bond acceptors (Lipinski definition) is 6. The second kappa shape index (κ2) is 7.03. The second-order valence-corrected chi connectivity index (χ2v) is 6.61. The molecule has 0 saturated carbocycles. The first-order chi connectivity index (χ1) is 11.5. The van der Waals surface area contributed by atoms with E-state index in [4.69, 9.17) is 9.62 Å². The van der Waals surface area contributed by atoms with Gasteiger partial charge in [0.15, 0.2) is 5.82 Å². The average molecular weight is 332 g/mol. The van der Waals surface area contributed by atoms with Gasteiger partial charge in [-0.15, -0.1) is 0 Å². The number of nitrogens with zero attached hydrogens (tertiary/aromatic N) is 6. The Morgan fingerprint density at radius 3 is 2.58 bits per heavy atom. The number of aromatic nitrogens is 4. The summed E-state index contributed by atoms with van der Waals surface area (Å²) >= 11 is 0. The molecular weight excluding hydrogens is 304 g/mol. The molecule has 0 N–H and O–H groups in total. The fourth-order valence-electron chi connectivity index (χ4n) is 3.59. The van der Waals surface area contributed by atoms with Gasteiger partial charge in [-0.25, -0.2) is 0 Å². The summed E-state index contributed by atoms with van der Waals surface area (Å²) in [6.45, 7) is 10.1. The van der Waals surface area contributed by atoms with Gasteiger partial charge in [0.25, 0.3) is 0 Å². The standard InChI is InChI=1S/C17H28N6O/c1-6-14-13(15(7-2)22(5)19-14)10-23-9-8-21(4)16(11-23)17-18-12(3)20-24-17/h16H,6-11H2,1-5H3/t16-/m1/s1. The van der Waals surface area contributed by atoms with Crippen LogP contribution in [0, 0.1) is 6.92 Å². The molecule has 1 aliphatic rings. The van der Waals surface area contributed by atoms with E-state index in [1.807, 2.05) is 11.6 Å². The minimum Gasteiger partial charge on any atom is -0.338 e. The molecule has 2 aromatic heterocycles. The van der Waals surface area contributed by atoms with Crippen LogP contribution >= 0.6 is 0 Å². The van der Waals surface area contributed by atoms with Crippen LogP contribution in [-0.2, 0) is 26.4 Å². The normalized spacial score (nSPS) is 20.0. The van der Waals surface area contributed by atoms with Gasteiger partial charge in [-0.1, -0.05) is 19.0 Å². The van der Waals surface area contributed by atoms with Crippen molar-refractivity contribution in [3.63, 3.8) is 0 Å². The Balaban J connectivity index is 1.79. The van der Waals surface area contributed by atoms with Crippen molar-refractivity contribution in [2.24, 2.45) is 7.05 Å². The third kappa shape index (κ3) is 3.23. The largest absolute Gasteiger partial charge is 0.338 e. The van der Waals surface area contributed by atoms with Crippen LogP contribution in [0.2, 0.25) is 0 Å². The van der Waals surface area contributed by atoms with E-state index in [-0.39, 0.29) is 6.04 Å². The molecule has 7 nitrogen and oxygen atoms in total. The third-order valence-corrected chi connectivity index (χ3v) is 4.97. The quantitative estimate of drug-likeness (QED) is 0.831. The predicted octanol–water partition coefficient (Wildman–Crippen LogP) is 1.73. The van der Waals surface area contributed by atoms with Gasteiger partial charge in [-0.3, -0.25) is 14.5 Å². The zero-order valence-electron chi connectivity index (χ0n) is 15.4. The van der Waals surface area contributed by atoms with Gasteiger partial charge in [0.2, 0.25) is 5.89 Å². The van der Waals surface area contributed by atoms with E-state index in [9.17, 15) is 0 Å². The Kier molecular flexibility index (Phi) is 5.01. The molecule has 3 rings (SSSR count). The molecule has 0 bridgehead atoms. The molecule has 0 unspecified atom stereocenters. The fraction of sp³-hybridized carbons (Fsp3) is 0.706. The molecular formula is C17H28N6O. The molecule has 1 atom stereocenters. The van der Waals surface area contributed by atoms with E-state index in [1.54, 1.807) is 0 Å². The van der Waals surface area contributed by atoms with Gasteiger partial charge in [-0.05, 0) is 26.8 Å². The van der Waals surface area contributed by atoms with Crippen LogP contribution in [0.5, 0.6) is 0 Å². The molecule has 132 valence electrons. The van der Waals surface area contributed by atoms with E-state index in [0.29, 0.717) is 5.82 Å². The lowest BCUT2D eigenvalue weighted by atomic mass is 10.1.